The van der Waals surface area contributed by atoms with Gasteiger partial charge in [-0.2, -0.15) is 0 Å². The number of rotatable bonds is 3. The summed E-state index contributed by atoms with van der Waals surface area (Å²) in [5.41, 5.74) is 3.23. The summed E-state index contributed by atoms with van der Waals surface area (Å²) in [4.78, 5) is 41.3. The first kappa shape index (κ1) is 23.4. The maximum absolute atomic E-state index is 12.3. The number of carbonyl (C=O) groups is 3. The molecule has 170 valence electrons. The second-order valence-electron chi connectivity index (χ2n) is 7.48. The van der Waals surface area contributed by atoms with E-state index in [9.17, 15) is 14.4 Å². The van der Waals surface area contributed by atoms with Crippen LogP contribution in [-0.2, 0) is 22.4 Å². The standard InChI is InChI=1S/C19H20N4O2.C4H2O4/c1-23(2)13-4-6-18-15(10-13)14-9-12(3-5-17(14)25-18)22-19(24)16-7-8-20-11-21-16;5-3(6)1-2-4(7)8/h3,5,7-9,11,13H,4,6,10H2,1-2H3,(H,22,24);(H,5,6)(H,7,8). The average molecular weight is 450 g/mol. The van der Waals surface area contributed by atoms with Crippen molar-refractivity contribution in [1.29, 1.82) is 0 Å². The number of aliphatic carboxylic acids is 2. The van der Waals surface area contributed by atoms with E-state index in [0.29, 0.717) is 11.7 Å². The number of amides is 1. The second-order valence-corrected chi connectivity index (χ2v) is 7.48. The Morgan fingerprint density at radius 2 is 1.88 bits per heavy atom. The molecule has 0 saturated carbocycles. The van der Waals surface area contributed by atoms with Gasteiger partial charge >= 0.3 is 11.9 Å². The van der Waals surface area contributed by atoms with Crippen LogP contribution in [-0.4, -0.2) is 63.1 Å². The van der Waals surface area contributed by atoms with E-state index >= 15 is 0 Å². The molecule has 10 heteroatoms. The third-order valence-corrected chi connectivity index (χ3v) is 5.10. The Labute approximate surface area is 189 Å². The van der Waals surface area contributed by atoms with Crippen LogP contribution in [0.15, 0.2) is 41.2 Å². The van der Waals surface area contributed by atoms with Gasteiger partial charge in [-0.3, -0.25) is 4.79 Å². The number of carboxylic acids is 2. The van der Waals surface area contributed by atoms with Crippen molar-refractivity contribution in [2.75, 3.05) is 19.4 Å². The predicted octanol–water partition coefficient (Wildman–Crippen LogP) is 2.05. The molecule has 0 saturated heterocycles. The molecule has 1 aromatic carbocycles. The fourth-order valence-electron chi connectivity index (χ4n) is 3.51. The van der Waals surface area contributed by atoms with Crippen molar-refractivity contribution >= 4 is 34.5 Å². The molecule has 4 rings (SSSR count). The first-order valence-corrected chi connectivity index (χ1v) is 10.0. The predicted molar refractivity (Wildman–Crippen MR) is 119 cm³/mol. The van der Waals surface area contributed by atoms with E-state index in [0.717, 1.165) is 41.7 Å². The molecule has 3 N–H and O–H groups in total. The van der Waals surface area contributed by atoms with Gasteiger partial charge in [-0.1, -0.05) is 0 Å². The van der Waals surface area contributed by atoms with Crippen molar-refractivity contribution < 1.29 is 29.0 Å². The first-order chi connectivity index (χ1) is 15.7. The van der Waals surface area contributed by atoms with Crippen molar-refractivity contribution in [3.63, 3.8) is 0 Å². The fourth-order valence-corrected chi connectivity index (χ4v) is 3.51. The normalized spacial score (nSPS) is 14.3. The van der Waals surface area contributed by atoms with Crippen LogP contribution in [0.4, 0.5) is 5.69 Å². The van der Waals surface area contributed by atoms with Crippen LogP contribution in [0, 0.1) is 11.8 Å². The first-order valence-electron chi connectivity index (χ1n) is 10.0. The van der Waals surface area contributed by atoms with E-state index in [4.69, 9.17) is 14.6 Å². The molecule has 0 spiro atoms. The largest absolute Gasteiger partial charge is 0.472 e. The number of hydrogen-bond donors (Lipinski definition) is 3. The number of fused-ring (bicyclic) bond motifs is 3. The van der Waals surface area contributed by atoms with E-state index < -0.39 is 11.9 Å². The number of furan rings is 1. The molecule has 2 aromatic heterocycles. The fraction of sp³-hybridized carbons (Fsp3) is 0.261. The molecular formula is C23H22N4O6. The van der Waals surface area contributed by atoms with E-state index in [1.54, 1.807) is 12.3 Å². The van der Waals surface area contributed by atoms with Crippen LogP contribution in [0.2, 0.25) is 0 Å². The summed E-state index contributed by atoms with van der Waals surface area (Å²) in [5, 5.41) is 19.4. The number of carboxylic acid groups (broad SMARTS) is 2. The Bertz CT molecular complexity index is 1220. The lowest BCUT2D eigenvalue weighted by atomic mass is 9.91. The highest BCUT2D eigenvalue weighted by molar-refractivity contribution is 6.03. The van der Waals surface area contributed by atoms with E-state index in [2.05, 4.69) is 34.3 Å². The molecule has 3 aromatic rings. The number of nitrogens with one attached hydrogen (secondary N) is 1. The van der Waals surface area contributed by atoms with Gasteiger partial charge in [-0.25, -0.2) is 19.6 Å². The molecule has 0 radical (unpaired) electrons. The topological polar surface area (TPSA) is 146 Å². The highest BCUT2D eigenvalue weighted by atomic mass is 16.4. The third-order valence-electron chi connectivity index (χ3n) is 5.10. The van der Waals surface area contributed by atoms with Crippen molar-refractivity contribution in [3.05, 3.63) is 53.8 Å². The highest BCUT2D eigenvalue weighted by Gasteiger charge is 2.25. The lowest BCUT2D eigenvalue weighted by Crippen LogP contribution is -2.33. The van der Waals surface area contributed by atoms with Crippen LogP contribution in [0.1, 0.15) is 28.2 Å². The molecule has 0 fully saturated rings. The summed E-state index contributed by atoms with van der Waals surface area (Å²) in [6.07, 6.45) is 5.95. The zero-order valence-corrected chi connectivity index (χ0v) is 18.0. The summed E-state index contributed by atoms with van der Waals surface area (Å²) in [5.74, 6) is 0.780. The van der Waals surface area contributed by atoms with Gasteiger partial charge in [0.25, 0.3) is 5.91 Å². The number of likely N-dealkylation sites (N-methyl/N-ethyl adjacent to an activating group) is 1. The molecule has 2 heterocycles. The van der Waals surface area contributed by atoms with Crippen molar-refractivity contribution in [1.82, 2.24) is 14.9 Å². The van der Waals surface area contributed by atoms with Gasteiger partial charge in [0.05, 0.1) is 0 Å². The van der Waals surface area contributed by atoms with Crippen LogP contribution < -0.4 is 5.32 Å². The zero-order chi connectivity index (χ0) is 24.0. The van der Waals surface area contributed by atoms with Gasteiger partial charge in [0.2, 0.25) is 0 Å². The number of aryl methyl sites for hydroxylation is 1. The molecule has 10 nitrogen and oxygen atoms in total. The number of benzene rings is 1. The van der Waals surface area contributed by atoms with Gasteiger partial charge in [-0.15, -0.1) is 0 Å². The van der Waals surface area contributed by atoms with Gasteiger partial charge < -0.3 is 24.8 Å². The van der Waals surface area contributed by atoms with Crippen LogP contribution in [0.3, 0.4) is 0 Å². The number of carbonyl (C=O) groups excluding carboxylic acids is 1. The summed E-state index contributed by atoms with van der Waals surface area (Å²) in [6.45, 7) is 0. The molecule has 1 unspecified atom stereocenters. The van der Waals surface area contributed by atoms with Crippen LogP contribution in [0.5, 0.6) is 0 Å². The molecule has 0 aliphatic heterocycles. The smallest absolute Gasteiger partial charge is 0.382 e. The minimum atomic E-state index is -1.44. The number of anilines is 1. The monoisotopic (exact) mass is 450 g/mol. The molecule has 1 aliphatic rings. The van der Waals surface area contributed by atoms with E-state index in [-0.39, 0.29) is 5.91 Å². The number of aromatic nitrogens is 2. The van der Waals surface area contributed by atoms with Crippen LogP contribution >= 0.6 is 0 Å². The molecule has 0 bridgehead atoms. The van der Waals surface area contributed by atoms with Crippen molar-refractivity contribution in [3.8, 4) is 11.8 Å². The maximum Gasteiger partial charge on any atom is 0.382 e. The van der Waals surface area contributed by atoms with E-state index in [1.807, 2.05) is 18.2 Å². The SMILES string of the molecule is CN(C)C1CCc2oc3ccc(NC(=O)c4ccncn4)cc3c2C1.O=C(O)C#CC(=O)O. The summed E-state index contributed by atoms with van der Waals surface area (Å²) >= 11 is 0. The second kappa shape index (κ2) is 10.4. The Morgan fingerprint density at radius 1 is 1.15 bits per heavy atom. The maximum atomic E-state index is 12.3. The molecule has 1 aliphatic carbocycles. The minimum absolute atomic E-state index is 0.245. The van der Waals surface area contributed by atoms with Gasteiger partial charge in [-0.05, 0) is 51.2 Å². The molecule has 1 atom stereocenters. The van der Waals surface area contributed by atoms with Crippen LogP contribution in [0.25, 0.3) is 11.0 Å². The van der Waals surface area contributed by atoms with Gasteiger partial charge in [0.1, 0.15) is 23.4 Å². The number of nitrogens with zero attached hydrogens (tertiary/aromatic N) is 3. The van der Waals surface area contributed by atoms with Crippen molar-refractivity contribution in [2.24, 2.45) is 0 Å². The summed E-state index contributed by atoms with van der Waals surface area (Å²) < 4.78 is 6.01. The van der Waals surface area contributed by atoms with Crippen molar-refractivity contribution in [2.45, 2.75) is 25.3 Å². The minimum Gasteiger partial charge on any atom is -0.472 e. The highest BCUT2D eigenvalue weighted by Crippen LogP contribution is 2.34. The molecular weight excluding hydrogens is 428 g/mol. The van der Waals surface area contributed by atoms with E-state index in [1.165, 1.54) is 23.7 Å². The zero-order valence-electron chi connectivity index (χ0n) is 18.0. The summed E-state index contributed by atoms with van der Waals surface area (Å²) in [6, 6.07) is 7.89. The Hall–Kier alpha value is -4.23. The lowest BCUT2D eigenvalue weighted by molar-refractivity contribution is -0.132. The molecule has 1 amide bonds. The van der Waals surface area contributed by atoms with Gasteiger partial charge in [0, 0.05) is 47.1 Å². The Kier molecular flexibility index (Phi) is 7.38. The summed E-state index contributed by atoms with van der Waals surface area (Å²) in [7, 11) is 4.23. The third kappa shape index (κ3) is 6.15. The average Bonchev–Trinajstić information content (AvgIpc) is 3.16. The lowest BCUT2D eigenvalue weighted by Gasteiger charge is -2.27. The quantitative estimate of drug-likeness (QED) is 0.510. The number of hydrogen-bond acceptors (Lipinski definition) is 7. The Morgan fingerprint density at radius 3 is 2.48 bits per heavy atom. The molecule has 33 heavy (non-hydrogen) atoms. The Balaban J connectivity index is 0.000000331. The van der Waals surface area contributed by atoms with Gasteiger partial charge in [0.15, 0.2) is 0 Å².